The van der Waals surface area contributed by atoms with Crippen LogP contribution in [0.25, 0.3) is 22.3 Å². The van der Waals surface area contributed by atoms with Gasteiger partial charge in [-0.2, -0.15) is 0 Å². The minimum Gasteiger partial charge on any atom is -0.507 e. The molecule has 15 heteroatoms. The van der Waals surface area contributed by atoms with Gasteiger partial charge >= 0.3 is 5.97 Å². The normalized spacial score (nSPS) is 15.3. The van der Waals surface area contributed by atoms with Crippen LogP contribution in [-0.4, -0.2) is 95.0 Å². The molecule has 1 aliphatic rings. The Morgan fingerprint density at radius 1 is 0.839 bits per heavy atom. The third kappa shape index (κ3) is 13.4. The molecule has 330 valence electrons. The molecule has 5 rings (SSSR count). The molecule has 0 saturated carbocycles. The van der Waals surface area contributed by atoms with Crippen LogP contribution in [0, 0.1) is 5.92 Å². The Hall–Kier alpha value is -6.74. The van der Waals surface area contributed by atoms with Gasteiger partial charge in [-0.3, -0.25) is 24.0 Å². The van der Waals surface area contributed by atoms with Gasteiger partial charge in [0.15, 0.2) is 0 Å². The molecule has 0 radical (unpaired) electrons. The van der Waals surface area contributed by atoms with E-state index in [1.165, 1.54) is 61.9 Å². The number of carbonyl (C=O) groups excluding carboxylic acids is 5. The van der Waals surface area contributed by atoms with Crippen molar-refractivity contribution >= 4 is 35.5 Å². The Morgan fingerprint density at radius 3 is 2.05 bits per heavy atom. The van der Waals surface area contributed by atoms with Gasteiger partial charge in [0.2, 0.25) is 23.6 Å². The summed E-state index contributed by atoms with van der Waals surface area (Å²) in [7, 11) is 1.32. The molecule has 4 aromatic rings. The summed E-state index contributed by atoms with van der Waals surface area (Å²) in [4.78, 5) is 78.8. The standard InChI is InChI=1S/C43H47N5O9.C4H11N/c1-4-5-6-26-7-10-28(11-8-26)29-12-14-30(15-13-29)41(54)44-22-25(2)40(53)46-24-38(52)48(3)39-31-16-18-36(50)33(21-31)32-19-27(9-17-35(32)49)20-34(43(56)57)47-37(51)23-45-42(39)55;1-2-3-4-5/h7-19,21,25,34,39,49-50H,4-6,20,22-24H2,1-3H3,(H,44,54)(H,45,55)(H,46,53)(H,47,51)(H,56,57);2-5H2,1H3. The van der Waals surface area contributed by atoms with Crippen molar-refractivity contribution in [3.05, 3.63) is 107 Å². The first-order chi connectivity index (χ1) is 29.7. The van der Waals surface area contributed by atoms with Crippen molar-refractivity contribution in [1.29, 1.82) is 0 Å². The van der Waals surface area contributed by atoms with Gasteiger partial charge in [0.1, 0.15) is 23.6 Å². The fraction of sp³-hybridized carbons (Fsp3) is 0.362. The molecule has 0 aliphatic carbocycles. The first kappa shape index (κ1) is 47.9. The monoisotopic (exact) mass is 850 g/mol. The molecule has 0 saturated heterocycles. The molecule has 0 aromatic heterocycles. The lowest BCUT2D eigenvalue weighted by Crippen LogP contribution is -2.50. The molecule has 4 bridgehead atoms. The van der Waals surface area contributed by atoms with E-state index in [1.54, 1.807) is 19.1 Å². The summed E-state index contributed by atoms with van der Waals surface area (Å²) >= 11 is 0. The van der Waals surface area contributed by atoms with E-state index in [0.717, 1.165) is 41.8 Å². The molecule has 1 aliphatic heterocycles. The number of carbonyl (C=O) groups is 6. The molecule has 62 heavy (non-hydrogen) atoms. The zero-order valence-corrected chi connectivity index (χ0v) is 35.7. The molecule has 0 spiro atoms. The summed E-state index contributed by atoms with van der Waals surface area (Å²) in [6.07, 6.45) is 5.54. The van der Waals surface area contributed by atoms with Crippen molar-refractivity contribution in [2.24, 2.45) is 11.7 Å². The topological polar surface area (TPSA) is 240 Å². The van der Waals surface area contributed by atoms with E-state index in [4.69, 9.17) is 5.73 Å². The highest BCUT2D eigenvalue weighted by atomic mass is 16.4. The summed E-state index contributed by atoms with van der Waals surface area (Å²) in [5, 5.41) is 41.3. The second kappa shape index (κ2) is 23.3. The number of carboxylic acids is 1. The maximum Gasteiger partial charge on any atom is 0.326 e. The van der Waals surface area contributed by atoms with E-state index in [0.29, 0.717) is 11.1 Å². The van der Waals surface area contributed by atoms with Crippen LogP contribution in [0.4, 0.5) is 0 Å². The number of fused-ring (bicyclic) bond motifs is 5. The van der Waals surface area contributed by atoms with E-state index in [9.17, 15) is 44.1 Å². The lowest BCUT2D eigenvalue weighted by atomic mass is 9.94. The van der Waals surface area contributed by atoms with Gasteiger partial charge in [-0.1, -0.05) is 82.1 Å². The molecule has 0 fully saturated rings. The average Bonchev–Trinajstić information content (AvgIpc) is 3.27. The number of amides is 5. The lowest BCUT2D eigenvalue weighted by Gasteiger charge is -2.29. The molecular weight excluding hydrogens is 793 g/mol. The molecule has 4 aromatic carbocycles. The Bertz CT molecular complexity index is 2190. The summed E-state index contributed by atoms with van der Waals surface area (Å²) < 4.78 is 0. The Labute approximate surface area is 362 Å². The number of carboxylic acid groups (broad SMARTS) is 1. The fourth-order valence-corrected chi connectivity index (χ4v) is 6.67. The highest BCUT2D eigenvalue weighted by Crippen LogP contribution is 2.38. The zero-order valence-electron chi connectivity index (χ0n) is 35.7. The van der Waals surface area contributed by atoms with Crippen LogP contribution >= 0.6 is 0 Å². The van der Waals surface area contributed by atoms with Gasteiger partial charge in [0.05, 0.1) is 19.0 Å². The maximum atomic E-state index is 13.6. The van der Waals surface area contributed by atoms with Crippen LogP contribution in [0.2, 0.25) is 0 Å². The number of nitrogens with zero attached hydrogens (tertiary/aromatic N) is 1. The number of rotatable bonds is 14. The van der Waals surface area contributed by atoms with E-state index >= 15 is 0 Å². The smallest absolute Gasteiger partial charge is 0.326 e. The molecule has 3 unspecified atom stereocenters. The summed E-state index contributed by atoms with van der Waals surface area (Å²) in [6.45, 7) is 5.58. The predicted octanol–water partition coefficient (Wildman–Crippen LogP) is 4.44. The fourth-order valence-electron chi connectivity index (χ4n) is 6.67. The quantitative estimate of drug-likeness (QED) is 0.0887. The number of nitrogens with one attached hydrogen (secondary N) is 4. The molecule has 15 nitrogen and oxygen atoms in total. The van der Waals surface area contributed by atoms with Crippen LogP contribution in [-0.2, 0) is 36.8 Å². The number of nitrogens with two attached hydrogens (primary N) is 1. The Balaban J connectivity index is 0.00000160. The third-order valence-electron chi connectivity index (χ3n) is 10.5. The number of hydrogen-bond acceptors (Lipinski definition) is 9. The minimum absolute atomic E-state index is 0.0180. The summed E-state index contributed by atoms with van der Waals surface area (Å²) in [5.41, 5.74) is 9.71. The van der Waals surface area contributed by atoms with Crippen molar-refractivity contribution in [1.82, 2.24) is 26.2 Å². The number of aliphatic carboxylic acids is 1. The number of hydrogen-bond donors (Lipinski definition) is 8. The van der Waals surface area contributed by atoms with Gasteiger partial charge in [0.25, 0.3) is 5.91 Å². The predicted molar refractivity (Wildman–Crippen MR) is 236 cm³/mol. The number of aryl methyl sites for hydroxylation is 1. The average molecular weight is 851 g/mol. The van der Waals surface area contributed by atoms with Crippen molar-refractivity contribution in [3.63, 3.8) is 0 Å². The van der Waals surface area contributed by atoms with Crippen LogP contribution in [0.15, 0.2) is 84.9 Å². The van der Waals surface area contributed by atoms with Gasteiger partial charge < -0.3 is 47.2 Å². The Morgan fingerprint density at radius 2 is 1.45 bits per heavy atom. The van der Waals surface area contributed by atoms with E-state index in [2.05, 4.69) is 59.4 Å². The second-order valence-electron chi connectivity index (χ2n) is 15.3. The van der Waals surface area contributed by atoms with Crippen molar-refractivity contribution in [2.45, 2.75) is 71.4 Å². The molecule has 5 amide bonds. The molecule has 9 N–H and O–H groups in total. The van der Waals surface area contributed by atoms with Crippen molar-refractivity contribution < 1.29 is 44.1 Å². The summed E-state index contributed by atoms with van der Waals surface area (Å²) in [5.74, 6) is -5.75. The van der Waals surface area contributed by atoms with Crippen LogP contribution in [0.5, 0.6) is 11.5 Å². The molecule has 1 heterocycles. The maximum absolute atomic E-state index is 13.6. The molecular formula is C47H58N6O9. The highest BCUT2D eigenvalue weighted by Gasteiger charge is 2.31. The van der Waals surface area contributed by atoms with E-state index < -0.39 is 60.7 Å². The van der Waals surface area contributed by atoms with Gasteiger partial charge in [-0.15, -0.1) is 0 Å². The van der Waals surface area contributed by atoms with Crippen LogP contribution < -0.4 is 27.0 Å². The number of benzene rings is 4. The van der Waals surface area contributed by atoms with Gasteiger partial charge in [-0.05, 0) is 90.0 Å². The minimum atomic E-state index is -1.39. The first-order valence-corrected chi connectivity index (χ1v) is 20.8. The lowest BCUT2D eigenvalue weighted by molar-refractivity contribution is -0.142. The van der Waals surface area contributed by atoms with Crippen LogP contribution in [0.1, 0.15) is 79.5 Å². The SMILES string of the molecule is CCCCN.CCCCc1ccc(-c2ccc(C(=O)NCC(C)C(=O)NCC(=O)N(C)C3C(=O)NCC(=O)NC(C(=O)O)Cc4ccc(O)c(c4)-c4cc3ccc4O)cc2)cc1. The number of phenolic OH excluding ortho intramolecular Hbond substituents is 2. The summed E-state index contributed by atoms with van der Waals surface area (Å²) in [6, 6.07) is 21.1. The zero-order chi connectivity index (χ0) is 45.3. The number of aromatic hydroxyl groups is 2. The van der Waals surface area contributed by atoms with Gasteiger partial charge in [0, 0.05) is 36.7 Å². The van der Waals surface area contributed by atoms with Crippen LogP contribution in [0.3, 0.4) is 0 Å². The largest absolute Gasteiger partial charge is 0.507 e. The number of phenols is 2. The van der Waals surface area contributed by atoms with E-state index in [1.807, 2.05) is 12.1 Å². The van der Waals surface area contributed by atoms with Crippen molar-refractivity contribution in [3.8, 4) is 33.8 Å². The third-order valence-corrected chi connectivity index (χ3v) is 10.5. The number of likely N-dealkylation sites (N-methyl/N-ethyl adjacent to an activating group) is 1. The number of unbranched alkanes of at least 4 members (excludes halogenated alkanes) is 2. The Kier molecular flexibility index (Phi) is 18.0. The highest BCUT2D eigenvalue weighted by molar-refractivity contribution is 5.96. The van der Waals surface area contributed by atoms with Gasteiger partial charge in [-0.25, -0.2) is 4.79 Å². The van der Waals surface area contributed by atoms with Crippen molar-refractivity contribution in [2.75, 3.05) is 33.2 Å². The molecule has 3 atom stereocenters. The first-order valence-electron chi connectivity index (χ1n) is 20.8. The second-order valence-corrected chi connectivity index (χ2v) is 15.3. The van der Waals surface area contributed by atoms with E-state index in [-0.39, 0.29) is 47.1 Å².